The average molecular weight is 427 g/mol. The molecule has 2 aromatic carbocycles. The number of nitrogens with zero attached hydrogens (tertiary/aromatic N) is 2. The Morgan fingerprint density at radius 1 is 1.07 bits per heavy atom. The van der Waals surface area contributed by atoms with Crippen LogP contribution in [0.1, 0.15) is 29.9 Å². The van der Waals surface area contributed by atoms with Gasteiger partial charge in [-0.25, -0.2) is 5.14 Å². The van der Waals surface area contributed by atoms with E-state index in [0.717, 1.165) is 5.56 Å². The van der Waals surface area contributed by atoms with E-state index in [-0.39, 0.29) is 17.3 Å². The number of rotatable bonds is 6. The quantitative estimate of drug-likeness (QED) is 0.231. The van der Waals surface area contributed by atoms with E-state index in [4.69, 9.17) is 10.9 Å². The lowest BCUT2D eigenvalue weighted by Gasteiger charge is -2.06. The van der Waals surface area contributed by atoms with Gasteiger partial charge in [-0.15, -0.1) is 5.10 Å². The maximum atomic E-state index is 12.6. The average Bonchev–Trinajstić information content (AvgIpc) is 3.11. The summed E-state index contributed by atoms with van der Waals surface area (Å²) in [6.45, 7) is 3.45. The number of aromatic nitrogens is 1. The first-order chi connectivity index (χ1) is 14.1. The van der Waals surface area contributed by atoms with Crippen LogP contribution < -0.4 is 20.9 Å². The predicted octanol–water partition coefficient (Wildman–Crippen LogP) is 2.14. The Morgan fingerprint density at radius 3 is 2.40 bits per heavy atom. The molecule has 7 N–H and O–H groups in total. The lowest BCUT2D eigenvalue weighted by atomic mass is 10.1. The van der Waals surface area contributed by atoms with Gasteiger partial charge in [0.05, 0.1) is 16.9 Å². The van der Waals surface area contributed by atoms with Crippen molar-refractivity contribution in [3.05, 3.63) is 59.8 Å². The summed E-state index contributed by atoms with van der Waals surface area (Å²) in [7, 11) is -3.94. The second kappa shape index (κ2) is 8.35. The van der Waals surface area contributed by atoms with E-state index in [1.54, 1.807) is 62.4 Å². The first kappa shape index (κ1) is 21.0. The second-order valence-corrected chi connectivity index (χ2v) is 7.85. The molecule has 1 aromatic heterocycles. The SMILES string of the molecule is CC(N)=N/N=C(/C)c1ccc(NC(=O)c2cc3cccc(NS(N)(=O)=O)c3[nH]2)cc1. The van der Waals surface area contributed by atoms with Crippen molar-refractivity contribution < 1.29 is 13.2 Å². The number of anilines is 2. The number of carbonyl (C=O) groups excluding carboxylic acids is 1. The number of para-hydroxylation sites is 1. The van der Waals surface area contributed by atoms with Crippen LogP contribution in [0.15, 0.2) is 58.7 Å². The van der Waals surface area contributed by atoms with E-state index >= 15 is 0 Å². The number of hydrogen-bond donors (Lipinski definition) is 5. The fraction of sp³-hybridized carbons (Fsp3) is 0.105. The highest BCUT2D eigenvalue weighted by molar-refractivity contribution is 7.90. The summed E-state index contributed by atoms with van der Waals surface area (Å²) in [4.78, 5) is 15.5. The summed E-state index contributed by atoms with van der Waals surface area (Å²) >= 11 is 0. The van der Waals surface area contributed by atoms with Crippen molar-refractivity contribution in [3.63, 3.8) is 0 Å². The molecule has 3 rings (SSSR count). The van der Waals surface area contributed by atoms with Gasteiger partial charge >= 0.3 is 0 Å². The van der Waals surface area contributed by atoms with Crippen molar-refractivity contribution in [2.45, 2.75) is 13.8 Å². The molecule has 0 fully saturated rings. The summed E-state index contributed by atoms with van der Waals surface area (Å²) in [5.74, 6) is -0.0201. The van der Waals surface area contributed by atoms with Crippen LogP contribution in [0.2, 0.25) is 0 Å². The largest absolute Gasteiger partial charge is 0.386 e. The van der Waals surface area contributed by atoms with Gasteiger partial charge in [-0.2, -0.15) is 13.5 Å². The molecule has 0 radical (unpaired) electrons. The number of nitrogens with two attached hydrogens (primary N) is 2. The van der Waals surface area contributed by atoms with Gasteiger partial charge in [0, 0.05) is 11.1 Å². The van der Waals surface area contributed by atoms with Gasteiger partial charge in [0.2, 0.25) is 0 Å². The van der Waals surface area contributed by atoms with Gasteiger partial charge in [-0.3, -0.25) is 9.52 Å². The van der Waals surface area contributed by atoms with E-state index in [0.29, 0.717) is 28.1 Å². The minimum atomic E-state index is -3.94. The fourth-order valence-corrected chi connectivity index (χ4v) is 3.20. The smallest absolute Gasteiger partial charge is 0.296 e. The monoisotopic (exact) mass is 427 g/mol. The molecule has 0 saturated carbocycles. The molecule has 30 heavy (non-hydrogen) atoms. The van der Waals surface area contributed by atoms with Crippen LogP contribution in [0, 0.1) is 0 Å². The fourth-order valence-electron chi connectivity index (χ4n) is 2.72. The van der Waals surface area contributed by atoms with E-state index in [2.05, 4.69) is 25.2 Å². The maximum absolute atomic E-state index is 12.6. The second-order valence-electron chi connectivity index (χ2n) is 6.56. The number of amidine groups is 1. The zero-order valence-electron chi connectivity index (χ0n) is 16.3. The molecule has 11 heteroatoms. The van der Waals surface area contributed by atoms with Crippen LogP contribution in [0.5, 0.6) is 0 Å². The van der Waals surface area contributed by atoms with Crippen molar-refractivity contribution in [2.75, 3.05) is 10.0 Å². The lowest BCUT2D eigenvalue weighted by molar-refractivity contribution is 0.102. The molecular weight excluding hydrogens is 406 g/mol. The molecular formula is C19H21N7O3S. The van der Waals surface area contributed by atoms with Crippen LogP contribution in [-0.4, -0.2) is 30.9 Å². The minimum Gasteiger partial charge on any atom is -0.386 e. The first-order valence-corrected chi connectivity index (χ1v) is 10.4. The Balaban J connectivity index is 1.79. The van der Waals surface area contributed by atoms with Crippen LogP contribution in [0.25, 0.3) is 10.9 Å². The highest BCUT2D eigenvalue weighted by atomic mass is 32.2. The summed E-state index contributed by atoms with van der Waals surface area (Å²) in [6, 6.07) is 13.7. The number of benzene rings is 2. The molecule has 0 aliphatic rings. The van der Waals surface area contributed by atoms with E-state index in [9.17, 15) is 13.2 Å². The molecule has 10 nitrogen and oxygen atoms in total. The zero-order chi connectivity index (χ0) is 21.9. The van der Waals surface area contributed by atoms with Gasteiger partial charge in [-0.1, -0.05) is 24.3 Å². The Kier molecular flexibility index (Phi) is 5.85. The molecule has 0 saturated heterocycles. The molecule has 0 atom stereocenters. The Labute approximate surface area is 173 Å². The standard InChI is InChI=1S/C19H21N7O3S/c1-11(24-25-12(2)20)13-6-8-15(9-7-13)22-19(27)17-10-14-4-3-5-16(18(14)23-17)26-30(21,28)29/h3-10,23,26H,1-2H3,(H2,20,25)(H,22,27)(H2,21,28,29)/b24-11-. The van der Waals surface area contributed by atoms with Crippen molar-refractivity contribution in [1.82, 2.24) is 4.98 Å². The molecule has 0 unspecified atom stereocenters. The van der Waals surface area contributed by atoms with Crippen LogP contribution >= 0.6 is 0 Å². The number of fused-ring (bicyclic) bond motifs is 1. The van der Waals surface area contributed by atoms with E-state index in [1.807, 2.05) is 0 Å². The van der Waals surface area contributed by atoms with Gasteiger partial charge in [0.15, 0.2) is 0 Å². The molecule has 1 amide bonds. The Morgan fingerprint density at radius 2 is 1.77 bits per heavy atom. The minimum absolute atomic E-state index is 0.253. The molecule has 0 aliphatic heterocycles. The molecule has 0 bridgehead atoms. The lowest BCUT2D eigenvalue weighted by Crippen LogP contribution is -2.21. The molecule has 0 spiro atoms. The number of H-pyrrole nitrogens is 1. The van der Waals surface area contributed by atoms with E-state index in [1.165, 1.54) is 0 Å². The number of amides is 1. The van der Waals surface area contributed by atoms with Crippen molar-refractivity contribution in [3.8, 4) is 0 Å². The third-order valence-electron chi connectivity index (χ3n) is 4.07. The van der Waals surface area contributed by atoms with Gasteiger partial charge in [0.25, 0.3) is 16.1 Å². The highest BCUT2D eigenvalue weighted by Crippen LogP contribution is 2.24. The first-order valence-electron chi connectivity index (χ1n) is 8.81. The zero-order valence-corrected chi connectivity index (χ0v) is 17.1. The summed E-state index contributed by atoms with van der Waals surface area (Å²) in [5, 5.41) is 16.3. The van der Waals surface area contributed by atoms with Crippen molar-refractivity contribution >= 4 is 49.9 Å². The topological polar surface area (TPSA) is 168 Å². The number of nitrogens with one attached hydrogen (secondary N) is 3. The highest BCUT2D eigenvalue weighted by Gasteiger charge is 2.14. The summed E-state index contributed by atoms with van der Waals surface area (Å²) in [6.07, 6.45) is 0. The van der Waals surface area contributed by atoms with Gasteiger partial charge in [0.1, 0.15) is 11.5 Å². The number of aromatic amines is 1. The Hall–Kier alpha value is -3.70. The normalized spacial score (nSPS) is 12.8. The van der Waals surface area contributed by atoms with Gasteiger partial charge in [-0.05, 0) is 43.7 Å². The Bertz CT molecular complexity index is 1260. The maximum Gasteiger partial charge on any atom is 0.296 e. The van der Waals surface area contributed by atoms with Crippen LogP contribution in [-0.2, 0) is 10.2 Å². The molecule has 3 aromatic rings. The molecule has 0 aliphatic carbocycles. The molecule has 1 heterocycles. The third kappa shape index (κ3) is 5.21. The third-order valence-corrected chi connectivity index (χ3v) is 4.58. The predicted molar refractivity (Wildman–Crippen MR) is 119 cm³/mol. The van der Waals surface area contributed by atoms with Crippen molar-refractivity contribution in [2.24, 2.45) is 21.1 Å². The van der Waals surface area contributed by atoms with Crippen LogP contribution in [0.3, 0.4) is 0 Å². The molecule has 156 valence electrons. The number of hydrogen-bond acceptors (Lipinski definition) is 5. The summed E-state index contributed by atoms with van der Waals surface area (Å²) < 4.78 is 24.9. The van der Waals surface area contributed by atoms with E-state index < -0.39 is 10.2 Å². The van der Waals surface area contributed by atoms with Crippen LogP contribution in [0.4, 0.5) is 11.4 Å². The summed E-state index contributed by atoms with van der Waals surface area (Å²) in [5.41, 5.74) is 8.55. The van der Waals surface area contributed by atoms with Crippen molar-refractivity contribution in [1.29, 1.82) is 0 Å². The van der Waals surface area contributed by atoms with Gasteiger partial charge < -0.3 is 16.0 Å². The number of carbonyl (C=O) groups is 1.